The predicted octanol–water partition coefficient (Wildman–Crippen LogP) is -1.21. The zero-order valence-corrected chi connectivity index (χ0v) is 19.2. The highest BCUT2D eigenvalue weighted by Gasteiger charge is 2.52. The lowest BCUT2D eigenvalue weighted by Crippen LogP contribution is -2.71. The van der Waals surface area contributed by atoms with Crippen molar-refractivity contribution < 1.29 is 33.8 Å². The van der Waals surface area contributed by atoms with Crippen LogP contribution in [0.1, 0.15) is 26.2 Å². The van der Waals surface area contributed by atoms with Crippen molar-refractivity contribution >= 4 is 60.7 Å². The molecule has 2 aliphatic heterocycles. The molecule has 0 spiro atoms. The lowest BCUT2D eigenvalue weighted by atomic mass is 10.0. The van der Waals surface area contributed by atoms with Crippen LogP contribution in [0, 0.1) is 0 Å². The maximum absolute atomic E-state index is 12.4. The number of nitrogens with zero attached hydrogens (tertiary/aromatic N) is 1. The van der Waals surface area contributed by atoms with Gasteiger partial charge in [0.2, 0.25) is 11.8 Å². The summed E-state index contributed by atoms with van der Waals surface area (Å²) in [6.07, 6.45) is 0.805. The van der Waals surface area contributed by atoms with Gasteiger partial charge in [-0.2, -0.15) is 0 Å². The largest absolute Gasteiger partial charge is 0.543 e. The number of nitrogens with one attached hydrogen (secondary N) is 3. The van der Waals surface area contributed by atoms with Gasteiger partial charge in [0.25, 0.3) is 5.91 Å². The maximum atomic E-state index is 12.4. The Hall–Kier alpha value is -2.24. The van der Waals surface area contributed by atoms with Crippen LogP contribution < -0.4 is 21.1 Å². The number of carboxylic acids is 1. The van der Waals surface area contributed by atoms with E-state index in [1.165, 1.54) is 11.8 Å². The molecule has 2 rings (SSSR count). The average Bonchev–Trinajstić information content (AvgIpc) is 2.73. The third kappa shape index (κ3) is 6.62. The number of amides is 4. The molecular weight excluding hydrogens is 467 g/mol. The number of β-lactam (4-membered cyclic amide) rings is 1. The highest BCUT2D eigenvalue weighted by molar-refractivity contribution is 8.00. The number of rotatable bonds is 11. The van der Waals surface area contributed by atoms with Crippen molar-refractivity contribution in [2.45, 2.75) is 37.6 Å². The maximum Gasteiger partial charge on any atom is 0.408 e. The number of alkyl carbamates (subject to hydrolysis) is 1. The Balaban J connectivity index is 1.90. The number of ether oxygens (including phenoxy) is 1. The first kappa shape index (κ1) is 25.0. The molecule has 2 unspecified atom stereocenters. The number of carboxylic acid groups (broad SMARTS) is 1. The van der Waals surface area contributed by atoms with Gasteiger partial charge in [0.05, 0.1) is 18.3 Å². The van der Waals surface area contributed by atoms with Crippen molar-refractivity contribution in [2.75, 3.05) is 25.2 Å². The Morgan fingerprint density at radius 3 is 2.65 bits per heavy atom. The second kappa shape index (κ2) is 12.0. The Labute approximate surface area is 189 Å². The zero-order chi connectivity index (χ0) is 23.0. The lowest BCUT2D eigenvalue weighted by molar-refractivity contribution is -0.301. The van der Waals surface area contributed by atoms with Crippen molar-refractivity contribution in [2.24, 2.45) is 0 Å². The molecule has 0 aromatic carbocycles. The van der Waals surface area contributed by atoms with Crippen LogP contribution in [0.4, 0.5) is 4.79 Å². The molecule has 4 amide bonds. The van der Waals surface area contributed by atoms with E-state index in [0.29, 0.717) is 19.9 Å². The standard InChI is InChI=1S/C17H23N4O7PS2/c1-2-3-11(23)20-12-14(24)21-13(16(25)26)9(7-31-15(12)21)6-28-17(27)19-8-18-10(22)4-5-29-30/h12,15H,2-8H2,1H3,(H,18,22)(H,19,27)(H,20,23)(H,25,26)/p-1. The van der Waals surface area contributed by atoms with E-state index in [9.17, 15) is 29.1 Å². The molecule has 0 aromatic heterocycles. The van der Waals surface area contributed by atoms with Crippen LogP contribution in [-0.2, 0) is 35.7 Å². The zero-order valence-electron chi connectivity index (χ0n) is 16.7. The quantitative estimate of drug-likeness (QED) is 0.184. The second-order valence-electron chi connectivity index (χ2n) is 6.58. The van der Waals surface area contributed by atoms with Gasteiger partial charge in [0.15, 0.2) is 0 Å². The summed E-state index contributed by atoms with van der Waals surface area (Å²) in [6.45, 7) is 1.31. The number of thioether (sulfide) groups is 1. The van der Waals surface area contributed by atoms with E-state index in [-0.39, 0.29) is 55.0 Å². The number of hydrogen-bond donors (Lipinski definition) is 3. The molecular formula is C17H22N4O7PS2-. The molecule has 1 fully saturated rings. The fraction of sp³-hybridized carbons (Fsp3) is 0.588. The number of aliphatic carboxylic acids is 1. The summed E-state index contributed by atoms with van der Waals surface area (Å²) in [5.41, 5.74) is -0.143. The summed E-state index contributed by atoms with van der Waals surface area (Å²) >= 11 is 5.98. The van der Waals surface area contributed by atoms with Gasteiger partial charge in [-0.3, -0.25) is 19.3 Å². The normalized spacial score (nSPS) is 19.9. The molecule has 14 heteroatoms. The molecule has 2 aliphatic rings. The monoisotopic (exact) mass is 489 g/mol. The fourth-order valence-corrected chi connectivity index (χ4v) is 4.81. The van der Waals surface area contributed by atoms with Crippen LogP contribution in [0.15, 0.2) is 11.3 Å². The van der Waals surface area contributed by atoms with E-state index in [4.69, 9.17) is 16.5 Å². The van der Waals surface area contributed by atoms with Crippen molar-refractivity contribution in [3.8, 4) is 0 Å². The highest BCUT2D eigenvalue weighted by atomic mass is 32.4. The van der Waals surface area contributed by atoms with E-state index in [0.717, 1.165) is 4.90 Å². The Morgan fingerprint density at radius 1 is 1.26 bits per heavy atom. The molecule has 0 bridgehead atoms. The Morgan fingerprint density at radius 2 is 2.00 bits per heavy atom. The molecule has 170 valence electrons. The van der Waals surface area contributed by atoms with Crippen LogP contribution in [0.3, 0.4) is 0 Å². The molecule has 2 atom stereocenters. The molecule has 2 heterocycles. The molecule has 0 aliphatic carbocycles. The van der Waals surface area contributed by atoms with Gasteiger partial charge < -0.3 is 30.6 Å². The van der Waals surface area contributed by atoms with Gasteiger partial charge in [-0.15, -0.1) is 11.8 Å². The van der Waals surface area contributed by atoms with Gasteiger partial charge >= 0.3 is 6.09 Å². The second-order valence-corrected chi connectivity index (χ2v) is 9.16. The van der Waals surface area contributed by atoms with Crippen molar-refractivity contribution in [1.82, 2.24) is 20.9 Å². The average molecular weight is 489 g/mol. The Kier molecular flexibility index (Phi) is 9.66. The third-order valence-corrected chi connectivity index (χ3v) is 6.65. The molecule has 31 heavy (non-hydrogen) atoms. The summed E-state index contributed by atoms with van der Waals surface area (Å²) in [5, 5.41) is 18.5. The van der Waals surface area contributed by atoms with E-state index >= 15 is 0 Å². The van der Waals surface area contributed by atoms with E-state index < -0.39 is 29.4 Å². The van der Waals surface area contributed by atoms with Gasteiger partial charge in [0.1, 0.15) is 18.0 Å². The van der Waals surface area contributed by atoms with Crippen LogP contribution in [0.2, 0.25) is 0 Å². The predicted molar refractivity (Wildman–Crippen MR) is 113 cm³/mol. The van der Waals surface area contributed by atoms with E-state index in [2.05, 4.69) is 16.0 Å². The molecule has 0 aromatic rings. The number of fused-ring (bicyclic) bond motifs is 1. The lowest BCUT2D eigenvalue weighted by Gasteiger charge is -2.50. The van der Waals surface area contributed by atoms with Crippen molar-refractivity contribution in [1.29, 1.82) is 0 Å². The minimum absolute atomic E-state index is 0.154. The molecule has 0 radical (unpaired) electrons. The molecule has 1 saturated heterocycles. The van der Waals surface area contributed by atoms with Crippen molar-refractivity contribution in [3.63, 3.8) is 0 Å². The van der Waals surface area contributed by atoms with Crippen LogP contribution in [0.25, 0.3) is 0 Å². The first-order valence-corrected chi connectivity index (χ1v) is 12.6. The highest BCUT2D eigenvalue weighted by Crippen LogP contribution is 2.40. The number of carbonyl (C=O) groups is 5. The SMILES string of the molecule is CCCC(=O)NC1C(=O)N2C(C(=O)[O-])=C(COC(=O)NCNC(=O)CCP=S)CSC12. The topological polar surface area (TPSA) is 157 Å². The van der Waals surface area contributed by atoms with Crippen molar-refractivity contribution in [3.05, 3.63) is 11.3 Å². The number of hydrogen-bond acceptors (Lipinski definition) is 9. The van der Waals surface area contributed by atoms with Gasteiger partial charge in [-0.05, 0) is 13.8 Å². The van der Waals surface area contributed by atoms with E-state index in [1.807, 2.05) is 6.92 Å². The summed E-state index contributed by atoms with van der Waals surface area (Å²) < 4.78 is 5.00. The molecule has 3 N–H and O–H groups in total. The van der Waals surface area contributed by atoms with Gasteiger partial charge in [-0.1, -0.05) is 18.7 Å². The smallest absolute Gasteiger partial charge is 0.408 e. The summed E-state index contributed by atoms with van der Waals surface area (Å²) in [7, 11) is 0.677. The summed E-state index contributed by atoms with van der Waals surface area (Å²) in [4.78, 5) is 60.1. The number of carbonyl (C=O) groups excluding carboxylic acids is 5. The van der Waals surface area contributed by atoms with Crippen LogP contribution in [0.5, 0.6) is 0 Å². The van der Waals surface area contributed by atoms with Gasteiger partial charge in [0, 0.05) is 30.3 Å². The van der Waals surface area contributed by atoms with Crippen LogP contribution >= 0.6 is 19.1 Å². The minimum Gasteiger partial charge on any atom is -0.543 e. The minimum atomic E-state index is -1.57. The third-order valence-electron chi connectivity index (χ3n) is 4.36. The molecule has 0 saturated carbocycles. The first-order valence-electron chi connectivity index (χ1n) is 9.44. The van der Waals surface area contributed by atoms with Crippen LogP contribution in [-0.4, -0.2) is 71.3 Å². The fourth-order valence-electron chi connectivity index (χ4n) is 2.91. The molecule has 11 nitrogen and oxygen atoms in total. The first-order chi connectivity index (χ1) is 14.8. The van der Waals surface area contributed by atoms with E-state index in [1.54, 1.807) is 0 Å². The summed E-state index contributed by atoms with van der Waals surface area (Å²) in [5.74, 6) is -2.48. The van der Waals surface area contributed by atoms with Gasteiger partial charge in [-0.25, -0.2) is 4.79 Å². The Bertz CT molecular complexity index is 807. The summed E-state index contributed by atoms with van der Waals surface area (Å²) in [6, 6.07) is -0.798.